The Bertz CT molecular complexity index is 262. The first-order chi connectivity index (χ1) is 6.99. The molecule has 15 heavy (non-hydrogen) atoms. The highest BCUT2D eigenvalue weighted by atomic mass is 15.1. The summed E-state index contributed by atoms with van der Waals surface area (Å²) in [5.41, 5.74) is 1.52. The molecule has 0 saturated carbocycles. The first-order valence-corrected chi connectivity index (χ1v) is 5.68. The van der Waals surface area contributed by atoms with E-state index >= 15 is 0 Å². The maximum Gasteiger partial charge on any atom is 0.0490 e. The van der Waals surface area contributed by atoms with E-state index in [1.165, 1.54) is 6.42 Å². The van der Waals surface area contributed by atoms with Gasteiger partial charge in [0.25, 0.3) is 0 Å². The zero-order valence-electron chi connectivity index (χ0n) is 10.3. The van der Waals surface area contributed by atoms with E-state index < -0.39 is 0 Å². The van der Waals surface area contributed by atoms with Crippen LogP contribution in [0.4, 0.5) is 0 Å². The van der Waals surface area contributed by atoms with E-state index in [2.05, 4.69) is 43.2 Å². The third kappa shape index (κ3) is 4.98. The van der Waals surface area contributed by atoms with Crippen LogP contribution in [0.2, 0.25) is 0 Å². The lowest BCUT2D eigenvalue weighted by Gasteiger charge is -2.26. The fraction of sp³-hybridized carbons (Fsp3) is 0.750. The number of nitrogens with zero attached hydrogens (tertiary/aromatic N) is 1. The van der Waals surface area contributed by atoms with Crippen LogP contribution in [0.5, 0.6) is 0 Å². The van der Waals surface area contributed by atoms with Crippen molar-refractivity contribution in [3.8, 4) is 0 Å². The normalized spacial score (nSPS) is 12.3. The van der Waals surface area contributed by atoms with Crippen LogP contribution in [0.3, 0.4) is 0 Å². The van der Waals surface area contributed by atoms with E-state index in [4.69, 9.17) is 0 Å². The summed E-state index contributed by atoms with van der Waals surface area (Å²) in [6.45, 7) is 11.1. The Morgan fingerprint density at radius 1 is 1.47 bits per heavy atom. The summed E-state index contributed by atoms with van der Waals surface area (Å²) in [4.78, 5) is 0. The topological polar surface area (TPSA) is 40.7 Å². The number of rotatable bonds is 6. The number of nitrogens with one attached hydrogen (secondary N) is 2. The molecule has 1 aromatic heterocycles. The summed E-state index contributed by atoms with van der Waals surface area (Å²) in [5.74, 6) is 0.758. The summed E-state index contributed by atoms with van der Waals surface area (Å²) >= 11 is 0. The Morgan fingerprint density at radius 3 is 2.73 bits per heavy atom. The van der Waals surface area contributed by atoms with Gasteiger partial charge < -0.3 is 5.32 Å². The number of aromatic amines is 1. The molecule has 0 radical (unpaired) electrons. The molecule has 0 aromatic carbocycles. The highest BCUT2D eigenvalue weighted by Crippen LogP contribution is 2.24. The van der Waals surface area contributed by atoms with Crippen LogP contribution >= 0.6 is 0 Å². The molecule has 1 rings (SSSR count). The van der Waals surface area contributed by atoms with Crippen molar-refractivity contribution in [3.05, 3.63) is 18.0 Å². The van der Waals surface area contributed by atoms with Crippen LogP contribution in [-0.2, 0) is 6.54 Å². The fourth-order valence-corrected chi connectivity index (χ4v) is 2.10. The molecule has 1 aromatic rings. The van der Waals surface area contributed by atoms with Gasteiger partial charge in [-0.1, -0.05) is 27.7 Å². The maximum atomic E-state index is 3.92. The lowest BCUT2D eigenvalue weighted by Crippen LogP contribution is -2.30. The van der Waals surface area contributed by atoms with Gasteiger partial charge in [0.1, 0.15) is 0 Å². The van der Waals surface area contributed by atoms with E-state index in [9.17, 15) is 0 Å². The monoisotopic (exact) mass is 209 g/mol. The third-order valence-electron chi connectivity index (χ3n) is 2.44. The van der Waals surface area contributed by atoms with Crippen LogP contribution in [0.15, 0.2) is 12.3 Å². The first kappa shape index (κ1) is 12.2. The van der Waals surface area contributed by atoms with Crippen molar-refractivity contribution >= 4 is 0 Å². The summed E-state index contributed by atoms with van der Waals surface area (Å²) in [6.07, 6.45) is 3.04. The Morgan fingerprint density at radius 2 is 2.20 bits per heavy atom. The van der Waals surface area contributed by atoms with Crippen LogP contribution in [-0.4, -0.2) is 16.7 Å². The molecular formula is C12H23N3. The summed E-state index contributed by atoms with van der Waals surface area (Å²) < 4.78 is 0. The fourth-order valence-electron chi connectivity index (χ4n) is 2.10. The van der Waals surface area contributed by atoms with Crippen LogP contribution in [0, 0.1) is 11.3 Å². The SMILES string of the molecule is CC(C)CC(C)(C)CNCc1ccn[nH]1. The molecule has 1 heterocycles. The number of H-pyrrole nitrogens is 1. The van der Waals surface area contributed by atoms with Gasteiger partial charge in [0, 0.05) is 25.0 Å². The molecule has 0 bridgehead atoms. The maximum absolute atomic E-state index is 3.92. The van der Waals surface area contributed by atoms with Gasteiger partial charge in [-0.15, -0.1) is 0 Å². The van der Waals surface area contributed by atoms with Gasteiger partial charge in [0.2, 0.25) is 0 Å². The van der Waals surface area contributed by atoms with E-state index in [0.717, 1.165) is 24.7 Å². The van der Waals surface area contributed by atoms with Gasteiger partial charge in [-0.3, -0.25) is 5.10 Å². The van der Waals surface area contributed by atoms with Crippen molar-refractivity contribution in [2.45, 2.75) is 40.7 Å². The van der Waals surface area contributed by atoms with Crippen LogP contribution in [0.25, 0.3) is 0 Å². The van der Waals surface area contributed by atoms with Crippen molar-refractivity contribution < 1.29 is 0 Å². The molecule has 0 amide bonds. The van der Waals surface area contributed by atoms with E-state index in [1.807, 2.05) is 6.07 Å². The quantitative estimate of drug-likeness (QED) is 0.756. The minimum Gasteiger partial charge on any atom is -0.311 e. The second kappa shape index (κ2) is 5.31. The molecule has 0 saturated heterocycles. The molecule has 86 valence electrons. The highest BCUT2D eigenvalue weighted by Gasteiger charge is 2.18. The highest BCUT2D eigenvalue weighted by molar-refractivity contribution is 4.96. The van der Waals surface area contributed by atoms with Crippen molar-refractivity contribution in [2.24, 2.45) is 11.3 Å². The molecular weight excluding hydrogens is 186 g/mol. The zero-order chi connectivity index (χ0) is 11.3. The van der Waals surface area contributed by atoms with Gasteiger partial charge in [0.05, 0.1) is 0 Å². The standard InChI is InChI=1S/C12H23N3/c1-10(2)7-12(3,4)9-13-8-11-5-6-14-15-11/h5-6,10,13H,7-9H2,1-4H3,(H,14,15). The van der Waals surface area contributed by atoms with E-state index in [-0.39, 0.29) is 0 Å². The zero-order valence-corrected chi connectivity index (χ0v) is 10.3. The van der Waals surface area contributed by atoms with E-state index in [1.54, 1.807) is 6.20 Å². The van der Waals surface area contributed by atoms with Gasteiger partial charge >= 0.3 is 0 Å². The molecule has 2 N–H and O–H groups in total. The minimum atomic E-state index is 0.369. The Kier molecular flexibility index (Phi) is 4.33. The van der Waals surface area contributed by atoms with Gasteiger partial charge in [-0.2, -0.15) is 5.10 Å². The summed E-state index contributed by atoms with van der Waals surface area (Å²) in [6, 6.07) is 2.00. The number of aromatic nitrogens is 2. The Labute approximate surface area is 92.7 Å². The molecule has 0 spiro atoms. The summed E-state index contributed by atoms with van der Waals surface area (Å²) in [7, 11) is 0. The first-order valence-electron chi connectivity index (χ1n) is 5.68. The number of hydrogen-bond acceptors (Lipinski definition) is 2. The second-order valence-electron chi connectivity index (χ2n) is 5.45. The smallest absolute Gasteiger partial charge is 0.0490 e. The summed E-state index contributed by atoms with van der Waals surface area (Å²) in [5, 5.41) is 10.3. The van der Waals surface area contributed by atoms with Crippen molar-refractivity contribution in [3.63, 3.8) is 0 Å². The molecule has 0 aliphatic heterocycles. The average Bonchev–Trinajstić information content (AvgIpc) is 2.53. The number of hydrogen-bond donors (Lipinski definition) is 2. The predicted molar refractivity (Wildman–Crippen MR) is 63.5 cm³/mol. The van der Waals surface area contributed by atoms with Crippen molar-refractivity contribution in [1.29, 1.82) is 0 Å². The molecule has 0 aliphatic rings. The minimum absolute atomic E-state index is 0.369. The van der Waals surface area contributed by atoms with Crippen LogP contribution in [0.1, 0.15) is 39.8 Å². The van der Waals surface area contributed by atoms with Gasteiger partial charge in [-0.05, 0) is 23.8 Å². The van der Waals surface area contributed by atoms with Gasteiger partial charge in [-0.25, -0.2) is 0 Å². The lowest BCUT2D eigenvalue weighted by atomic mass is 9.84. The largest absolute Gasteiger partial charge is 0.311 e. The van der Waals surface area contributed by atoms with Gasteiger partial charge in [0.15, 0.2) is 0 Å². The predicted octanol–water partition coefficient (Wildman–Crippen LogP) is 2.57. The van der Waals surface area contributed by atoms with Crippen LogP contribution < -0.4 is 5.32 Å². The molecule has 0 atom stereocenters. The van der Waals surface area contributed by atoms with Crippen molar-refractivity contribution in [1.82, 2.24) is 15.5 Å². The molecule has 0 fully saturated rings. The Hall–Kier alpha value is -0.830. The second-order valence-corrected chi connectivity index (χ2v) is 5.45. The van der Waals surface area contributed by atoms with Crippen molar-refractivity contribution in [2.75, 3.05) is 6.54 Å². The molecule has 3 heteroatoms. The molecule has 0 unspecified atom stereocenters. The van der Waals surface area contributed by atoms with E-state index in [0.29, 0.717) is 5.41 Å². The average molecular weight is 209 g/mol. The third-order valence-corrected chi connectivity index (χ3v) is 2.44. The molecule has 0 aliphatic carbocycles. The molecule has 3 nitrogen and oxygen atoms in total. The lowest BCUT2D eigenvalue weighted by molar-refractivity contribution is 0.272. The Balaban J connectivity index is 2.24.